The van der Waals surface area contributed by atoms with Gasteiger partial charge in [0, 0.05) is 11.9 Å². The maximum atomic E-state index is 4.43. The topological polar surface area (TPSA) is 25.8 Å². The van der Waals surface area contributed by atoms with Gasteiger partial charge in [0.1, 0.15) is 6.33 Å². The molecule has 2 rings (SSSR count). The van der Waals surface area contributed by atoms with Crippen LogP contribution in [0.2, 0.25) is 0 Å². The molecule has 1 aromatic rings. The largest absolute Gasteiger partial charge is 0.244 e. The van der Waals surface area contributed by atoms with Gasteiger partial charge < -0.3 is 0 Å². The molecule has 0 saturated heterocycles. The molecule has 2 heteroatoms. The van der Waals surface area contributed by atoms with Gasteiger partial charge in [-0.15, -0.1) is 0 Å². The molecule has 0 radical (unpaired) electrons. The first-order chi connectivity index (χ1) is 6.95. The highest BCUT2D eigenvalue weighted by atomic mass is 14.8. The average molecular weight is 204 g/mol. The maximum Gasteiger partial charge on any atom is 0.115 e. The minimum absolute atomic E-state index is 0.167. The van der Waals surface area contributed by atoms with Crippen LogP contribution in [-0.2, 0) is 11.8 Å². The van der Waals surface area contributed by atoms with E-state index in [2.05, 4.69) is 37.7 Å². The highest BCUT2D eigenvalue weighted by Crippen LogP contribution is 2.47. The second kappa shape index (κ2) is 3.29. The average Bonchev–Trinajstić information content (AvgIpc) is 2.25. The van der Waals surface area contributed by atoms with Crippen LogP contribution in [0.15, 0.2) is 12.5 Å². The molecule has 0 aliphatic heterocycles. The molecule has 0 bridgehead atoms. The Hall–Kier alpha value is -0.920. The Morgan fingerprint density at radius 1 is 1.20 bits per heavy atom. The molecule has 0 saturated carbocycles. The fourth-order valence-corrected chi connectivity index (χ4v) is 2.45. The van der Waals surface area contributed by atoms with Crippen molar-refractivity contribution in [1.82, 2.24) is 9.97 Å². The van der Waals surface area contributed by atoms with E-state index in [0.717, 1.165) is 6.42 Å². The molecule has 0 fully saturated rings. The van der Waals surface area contributed by atoms with Crippen LogP contribution < -0.4 is 0 Å². The zero-order valence-electron chi connectivity index (χ0n) is 10.2. The van der Waals surface area contributed by atoms with Crippen molar-refractivity contribution >= 4 is 0 Å². The van der Waals surface area contributed by atoms with Crippen molar-refractivity contribution in [3.05, 3.63) is 23.8 Å². The van der Waals surface area contributed by atoms with Gasteiger partial charge in [-0.05, 0) is 35.7 Å². The summed E-state index contributed by atoms with van der Waals surface area (Å²) in [6.07, 6.45) is 7.28. The number of nitrogens with zero attached hydrogens (tertiary/aromatic N) is 2. The number of fused-ring (bicyclic) bond motifs is 1. The standard InChI is InChI=1S/C13H20N2/c1-12(2)7-5-6-11-10(13(12,3)4)8-14-9-15-11/h8-9H,5-7H2,1-4H3. The normalized spacial score (nSPS) is 22.9. The Kier molecular flexibility index (Phi) is 2.32. The fourth-order valence-electron chi connectivity index (χ4n) is 2.45. The minimum Gasteiger partial charge on any atom is -0.244 e. The molecule has 82 valence electrons. The van der Waals surface area contributed by atoms with Gasteiger partial charge in [-0.25, -0.2) is 9.97 Å². The highest BCUT2D eigenvalue weighted by Gasteiger charge is 2.41. The lowest BCUT2D eigenvalue weighted by Gasteiger charge is -2.41. The maximum absolute atomic E-state index is 4.43. The Labute approximate surface area is 92.1 Å². The first kappa shape index (κ1) is 10.6. The molecule has 1 heterocycles. The van der Waals surface area contributed by atoms with Crippen LogP contribution in [-0.4, -0.2) is 9.97 Å². The molecule has 0 aromatic carbocycles. The summed E-state index contributed by atoms with van der Waals surface area (Å²) in [5.41, 5.74) is 3.08. The summed E-state index contributed by atoms with van der Waals surface area (Å²) in [7, 11) is 0. The van der Waals surface area contributed by atoms with E-state index >= 15 is 0 Å². The van der Waals surface area contributed by atoms with Gasteiger partial charge in [0.2, 0.25) is 0 Å². The summed E-state index contributed by atoms with van der Waals surface area (Å²) in [5, 5.41) is 0. The number of rotatable bonds is 0. The first-order valence-electron chi connectivity index (χ1n) is 5.74. The molecule has 1 aliphatic carbocycles. The second-order valence-electron chi connectivity index (χ2n) is 5.75. The first-order valence-corrected chi connectivity index (χ1v) is 5.74. The summed E-state index contributed by atoms with van der Waals surface area (Å²) in [5.74, 6) is 0. The molecule has 0 spiro atoms. The van der Waals surface area contributed by atoms with Gasteiger partial charge in [0.25, 0.3) is 0 Å². The molecule has 0 amide bonds. The third kappa shape index (κ3) is 1.56. The zero-order valence-corrected chi connectivity index (χ0v) is 10.2. The molecule has 2 nitrogen and oxygen atoms in total. The molecule has 0 atom stereocenters. The van der Waals surface area contributed by atoms with Crippen molar-refractivity contribution in [3.8, 4) is 0 Å². The molecule has 0 unspecified atom stereocenters. The van der Waals surface area contributed by atoms with E-state index in [1.807, 2.05) is 6.20 Å². The smallest absolute Gasteiger partial charge is 0.115 e. The van der Waals surface area contributed by atoms with E-state index in [9.17, 15) is 0 Å². The van der Waals surface area contributed by atoms with Crippen molar-refractivity contribution in [3.63, 3.8) is 0 Å². The summed E-state index contributed by atoms with van der Waals surface area (Å²) < 4.78 is 0. The Morgan fingerprint density at radius 3 is 2.67 bits per heavy atom. The number of hydrogen-bond donors (Lipinski definition) is 0. The molecule has 0 N–H and O–H groups in total. The van der Waals surface area contributed by atoms with E-state index < -0.39 is 0 Å². The SMILES string of the molecule is CC1(C)CCCc2ncncc2C1(C)C. The van der Waals surface area contributed by atoms with E-state index in [1.54, 1.807) is 6.33 Å². The van der Waals surface area contributed by atoms with Crippen LogP contribution in [0.25, 0.3) is 0 Å². The molecule has 1 aromatic heterocycles. The van der Waals surface area contributed by atoms with Gasteiger partial charge in [-0.1, -0.05) is 27.7 Å². The van der Waals surface area contributed by atoms with Crippen LogP contribution in [0.5, 0.6) is 0 Å². The molecular weight excluding hydrogens is 184 g/mol. The predicted octanol–water partition coefficient (Wildman–Crippen LogP) is 3.12. The van der Waals surface area contributed by atoms with Crippen LogP contribution in [0.3, 0.4) is 0 Å². The third-order valence-corrected chi connectivity index (χ3v) is 4.38. The Morgan fingerprint density at radius 2 is 1.93 bits per heavy atom. The summed E-state index contributed by atoms with van der Waals surface area (Å²) in [6.45, 7) is 9.35. The quantitative estimate of drug-likeness (QED) is 0.607. The lowest BCUT2D eigenvalue weighted by molar-refractivity contribution is 0.183. The van der Waals surface area contributed by atoms with E-state index in [-0.39, 0.29) is 5.41 Å². The lowest BCUT2D eigenvalue weighted by atomic mass is 9.63. The predicted molar refractivity (Wildman–Crippen MR) is 61.8 cm³/mol. The van der Waals surface area contributed by atoms with E-state index in [4.69, 9.17) is 0 Å². The number of aromatic nitrogens is 2. The van der Waals surface area contributed by atoms with Gasteiger partial charge in [-0.2, -0.15) is 0 Å². The summed E-state index contributed by atoms with van der Waals surface area (Å²) in [6, 6.07) is 0. The fraction of sp³-hybridized carbons (Fsp3) is 0.692. The van der Waals surface area contributed by atoms with Crippen molar-refractivity contribution < 1.29 is 0 Å². The summed E-state index contributed by atoms with van der Waals surface area (Å²) in [4.78, 5) is 8.62. The Balaban J connectivity index is 2.57. The third-order valence-electron chi connectivity index (χ3n) is 4.38. The van der Waals surface area contributed by atoms with Crippen molar-refractivity contribution in [2.45, 2.75) is 52.4 Å². The van der Waals surface area contributed by atoms with Crippen molar-refractivity contribution in [2.24, 2.45) is 5.41 Å². The van der Waals surface area contributed by atoms with Crippen LogP contribution in [0, 0.1) is 5.41 Å². The molecule has 1 aliphatic rings. The van der Waals surface area contributed by atoms with Gasteiger partial charge >= 0.3 is 0 Å². The number of aryl methyl sites for hydroxylation is 1. The Bertz CT molecular complexity index is 367. The summed E-state index contributed by atoms with van der Waals surface area (Å²) >= 11 is 0. The molecular formula is C13H20N2. The monoisotopic (exact) mass is 204 g/mol. The molecule has 15 heavy (non-hydrogen) atoms. The highest BCUT2D eigenvalue weighted by molar-refractivity contribution is 5.29. The van der Waals surface area contributed by atoms with Crippen LogP contribution in [0.1, 0.15) is 51.8 Å². The van der Waals surface area contributed by atoms with Gasteiger partial charge in [0.15, 0.2) is 0 Å². The van der Waals surface area contributed by atoms with Crippen LogP contribution >= 0.6 is 0 Å². The van der Waals surface area contributed by atoms with Crippen molar-refractivity contribution in [2.75, 3.05) is 0 Å². The number of hydrogen-bond acceptors (Lipinski definition) is 2. The van der Waals surface area contributed by atoms with Gasteiger partial charge in [0.05, 0.1) is 0 Å². The van der Waals surface area contributed by atoms with Crippen molar-refractivity contribution in [1.29, 1.82) is 0 Å². The van der Waals surface area contributed by atoms with E-state index in [0.29, 0.717) is 5.41 Å². The zero-order chi connectivity index (χ0) is 11.1. The van der Waals surface area contributed by atoms with E-state index in [1.165, 1.54) is 24.1 Å². The second-order valence-corrected chi connectivity index (χ2v) is 5.75. The van der Waals surface area contributed by atoms with Gasteiger partial charge in [-0.3, -0.25) is 0 Å². The van der Waals surface area contributed by atoms with Crippen LogP contribution in [0.4, 0.5) is 0 Å². The minimum atomic E-state index is 0.167. The lowest BCUT2D eigenvalue weighted by Crippen LogP contribution is -2.36.